The van der Waals surface area contributed by atoms with E-state index in [-0.39, 0.29) is 73.6 Å². The van der Waals surface area contributed by atoms with Gasteiger partial charge in [0.05, 0.1) is 28.4 Å². The second kappa shape index (κ2) is 11.3. The second-order valence-corrected chi connectivity index (χ2v) is 14.1. The molecule has 2 aliphatic heterocycles. The molecule has 0 radical (unpaired) electrons. The number of nitrogen functional groups attached to an aromatic ring is 1. The highest BCUT2D eigenvalue weighted by atomic mass is 35.5. The Bertz CT molecular complexity index is 1890. The van der Waals surface area contributed by atoms with Gasteiger partial charge >= 0.3 is 12.2 Å². The smallest absolute Gasteiger partial charge is 0.401 e. The highest BCUT2D eigenvalue weighted by molar-refractivity contribution is 7.23. The maximum absolute atomic E-state index is 16.8. The average molecular weight is 678 g/mol. The van der Waals surface area contributed by atoms with Gasteiger partial charge in [-0.15, -0.1) is 11.3 Å². The number of ether oxygens (including phenoxy) is 1. The molecule has 2 atom stereocenters. The van der Waals surface area contributed by atoms with E-state index in [1.54, 1.807) is 6.07 Å². The number of benzene rings is 2. The predicted molar refractivity (Wildman–Crippen MR) is 167 cm³/mol. The molecule has 1 saturated carbocycles. The maximum atomic E-state index is 16.8. The third-order valence-electron chi connectivity index (χ3n) is 9.08. The Balaban J connectivity index is 1.32. The van der Waals surface area contributed by atoms with Crippen LogP contribution in [-0.4, -0.2) is 73.0 Å². The number of alkyl halides is 3. The molecule has 4 heterocycles. The molecule has 242 valence electrons. The standard InChI is InChI=1S/C31H29ClF5N7OS/c1-43(13-31(35,36)37)12-30(6-7-30)14-45-29-41-25-18(28(42-29)44-10-15-2-3-16(11-44)40-15)8-20(32)23(24(25)34)17-4-5-21(33)26-22(17)19(9-38)27(39)46-26/h4-5,8,15-16,40H,2-3,6-7,10-14,39H2,1H3. The number of hydrogen-bond donors (Lipinski definition) is 2. The van der Waals surface area contributed by atoms with Gasteiger partial charge in [0.25, 0.3) is 0 Å². The molecule has 8 nitrogen and oxygen atoms in total. The van der Waals surface area contributed by atoms with Crippen LogP contribution in [0.25, 0.3) is 32.1 Å². The Hall–Kier alpha value is -3.51. The number of piperazine rings is 1. The number of anilines is 2. The number of nitriles is 1. The first-order chi connectivity index (χ1) is 21.8. The number of aromatic nitrogens is 2. The van der Waals surface area contributed by atoms with Gasteiger partial charge in [-0.05, 0) is 50.4 Å². The van der Waals surface area contributed by atoms with E-state index >= 15 is 4.39 Å². The number of fused-ring (bicyclic) bond motifs is 4. The van der Waals surface area contributed by atoms with Crippen molar-refractivity contribution in [1.29, 1.82) is 5.26 Å². The molecule has 3 fully saturated rings. The SMILES string of the molecule is CN(CC(F)(F)F)CC1(COc2nc(N3CC4CCC(C3)N4)c3cc(Cl)c(-c4ccc(F)c5sc(N)c(C#N)c45)c(F)c3n2)CC1. The van der Waals surface area contributed by atoms with E-state index in [0.29, 0.717) is 37.1 Å². The van der Waals surface area contributed by atoms with Crippen molar-refractivity contribution in [3.8, 4) is 23.2 Å². The van der Waals surface area contributed by atoms with Crippen LogP contribution < -0.4 is 20.7 Å². The van der Waals surface area contributed by atoms with Gasteiger partial charge in [0, 0.05) is 53.5 Å². The van der Waals surface area contributed by atoms with E-state index < -0.39 is 29.8 Å². The lowest BCUT2D eigenvalue weighted by Crippen LogP contribution is -2.51. The maximum Gasteiger partial charge on any atom is 0.401 e. The van der Waals surface area contributed by atoms with Crippen molar-refractivity contribution in [2.45, 2.75) is 43.9 Å². The largest absolute Gasteiger partial charge is 0.463 e. The second-order valence-electron chi connectivity index (χ2n) is 12.6. The van der Waals surface area contributed by atoms with Crippen LogP contribution in [0.2, 0.25) is 5.02 Å². The van der Waals surface area contributed by atoms with Crippen molar-refractivity contribution in [2.24, 2.45) is 5.41 Å². The fourth-order valence-corrected chi connectivity index (χ4v) is 8.11. The molecule has 2 aromatic carbocycles. The summed E-state index contributed by atoms with van der Waals surface area (Å²) < 4.78 is 76.7. The molecule has 2 saturated heterocycles. The third-order valence-corrected chi connectivity index (χ3v) is 10.4. The number of thiophene rings is 1. The average Bonchev–Trinajstić information content (AvgIpc) is 3.53. The van der Waals surface area contributed by atoms with Crippen LogP contribution in [0.4, 0.5) is 32.8 Å². The van der Waals surface area contributed by atoms with Crippen LogP contribution >= 0.6 is 22.9 Å². The van der Waals surface area contributed by atoms with Gasteiger partial charge in [-0.1, -0.05) is 17.7 Å². The molecule has 4 aromatic rings. The Labute approximate surface area is 269 Å². The predicted octanol–water partition coefficient (Wildman–Crippen LogP) is 6.49. The molecule has 2 bridgehead atoms. The topological polar surface area (TPSA) is 103 Å². The molecule has 46 heavy (non-hydrogen) atoms. The van der Waals surface area contributed by atoms with Crippen molar-refractivity contribution < 1.29 is 26.7 Å². The molecule has 7 rings (SSSR count). The van der Waals surface area contributed by atoms with Crippen molar-refractivity contribution in [3.63, 3.8) is 0 Å². The van der Waals surface area contributed by atoms with Gasteiger partial charge in [0.2, 0.25) is 0 Å². The summed E-state index contributed by atoms with van der Waals surface area (Å²) in [7, 11) is 1.42. The summed E-state index contributed by atoms with van der Waals surface area (Å²) in [5, 5.41) is 14.0. The van der Waals surface area contributed by atoms with Crippen molar-refractivity contribution in [1.82, 2.24) is 20.2 Å². The van der Waals surface area contributed by atoms with Crippen LogP contribution in [-0.2, 0) is 0 Å². The summed E-state index contributed by atoms with van der Waals surface area (Å²) in [5.74, 6) is -0.967. The fraction of sp³-hybridized carbons (Fsp3) is 0.452. The molecular weight excluding hydrogens is 649 g/mol. The quantitative estimate of drug-likeness (QED) is 0.204. The number of rotatable bonds is 8. The fourth-order valence-electron chi connectivity index (χ4n) is 6.87. The summed E-state index contributed by atoms with van der Waals surface area (Å²) >= 11 is 7.68. The van der Waals surface area contributed by atoms with Crippen molar-refractivity contribution >= 4 is 54.7 Å². The van der Waals surface area contributed by atoms with E-state index in [1.807, 2.05) is 6.07 Å². The van der Waals surface area contributed by atoms with E-state index in [4.69, 9.17) is 27.1 Å². The Morgan fingerprint density at radius 1 is 1.22 bits per heavy atom. The molecule has 0 spiro atoms. The minimum atomic E-state index is -4.32. The van der Waals surface area contributed by atoms with E-state index in [2.05, 4.69) is 15.2 Å². The van der Waals surface area contributed by atoms with Gasteiger partial charge in [-0.25, -0.2) is 8.78 Å². The molecule has 15 heteroatoms. The van der Waals surface area contributed by atoms with Gasteiger partial charge in [-0.3, -0.25) is 4.90 Å². The van der Waals surface area contributed by atoms with Crippen LogP contribution in [0.1, 0.15) is 31.2 Å². The first kappa shape index (κ1) is 31.1. The van der Waals surface area contributed by atoms with Gasteiger partial charge < -0.3 is 20.7 Å². The number of nitrogens with one attached hydrogen (secondary N) is 1. The highest BCUT2D eigenvalue weighted by Gasteiger charge is 2.46. The normalized spacial score (nSPS) is 20.5. The molecule has 2 aromatic heterocycles. The number of nitrogens with zero attached hydrogens (tertiary/aromatic N) is 5. The Morgan fingerprint density at radius 2 is 1.93 bits per heavy atom. The summed E-state index contributed by atoms with van der Waals surface area (Å²) in [6, 6.07) is 6.47. The highest BCUT2D eigenvalue weighted by Crippen LogP contribution is 2.48. The minimum Gasteiger partial charge on any atom is -0.463 e. The molecule has 1 aliphatic carbocycles. The Kier molecular flexibility index (Phi) is 7.66. The van der Waals surface area contributed by atoms with Crippen LogP contribution in [0, 0.1) is 28.4 Å². The lowest BCUT2D eigenvalue weighted by atomic mass is 9.97. The van der Waals surface area contributed by atoms with E-state index in [9.17, 15) is 22.8 Å². The zero-order chi connectivity index (χ0) is 32.5. The van der Waals surface area contributed by atoms with Crippen molar-refractivity contribution in [2.75, 3.05) is 50.5 Å². The Morgan fingerprint density at radius 3 is 2.59 bits per heavy atom. The minimum absolute atomic E-state index is 0.0211. The molecule has 2 unspecified atom stereocenters. The van der Waals surface area contributed by atoms with Gasteiger partial charge in [0.1, 0.15) is 28.2 Å². The zero-order valence-electron chi connectivity index (χ0n) is 24.6. The van der Waals surface area contributed by atoms with Crippen molar-refractivity contribution in [3.05, 3.63) is 40.4 Å². The molecule has 3 N–H and O–H groups in total. The zero-order valence-corrected chi connectivity index (χ0v) is 26.2. The molecule has 0 amide bonds. The van der Waals surface area contributed by atoms with Gasteiger partial charge in [-0.2, -0.15) is 28.4 Å². The number of nitrogens with two attached hydrogens (primary N) is 1. The summed E-state index contributed by atoms with van der Waals surface area (Å²) in [5.41, 5.74) is 5.60. The number of hydrogen-bond acceptors (Lipinski definition) is 9. The van der Waals surface area contributed by atoms with Crippen LogP contribution in [0.5, 0.6) is 6.01 Å². The van der Waals surface area contributed by atoms with E-state index in [1.165, 1.54) is 24.1 Å². The molecule has 3 aliphatic rings. The third kappa shape index (κ3) is 5.67. The summed E-state index contributed by atoms with van der Waals surface area (Å²) in [4.78, 5) is 12.4. The lowest BCUT2D eigenvalue weighted by Gasteiger charge is -2.34. The lowest BCUT2D eigenvalue weighted by molar-refractivity contribution is -0.144. The molecular formula is C31H29ClF5N7OS. The van der Waals surface area contributed by atoms with Crippen LogP contribution in [0.3, 0.4) is 0 Å². The van der Waals surface area contributed by atoms with E-state index in [0.717, 1.165) is 24.2 Å². The van der Waals surface area contributed by atoms with Crippen LogP contribution in [0.15, 0.2) is 18.2 Å². The number of halogens is 6. The monoisotopic (exact) mass is 677 g/mol. The summed E-state index contributed by atoms with van der Waals surface area (Å²) in [6.07, 6.45) is -0.980. The first-order valence-corrected chi connectivity index (χ1v) is 16.0. The summed E-state index contributed by atoms with van der Waals surface area (Å²) in [6.45, 7) is 0.438. The first-order valence-electron chi connectivity index (χ1n) is 14.8. The van der Waals surface area contributed by atoms with Gasteiger partial charge in [0.15, 0.2) is 5.82 Å².